The highest BCUT2D eigenvalue weighted by atomic mass is 32.3. The van der Waals surface area contributed by atoms with Gasteiger partial charge in [0.05, 0.1) is 6.61 Å². The molecular weight excluding hydrogens is 404 g/mol. The van der Waals surface area contributed by atoms with Crippen LogP contribution in [-0.4, -0.2) is 81.8 Å². The third-order valence-electron chi connectivity index (χ3n) is 3.69. The van der Waals surface area contributed by atoms with E-state index in [-0.39, 0.29) is 5.75 Å². The number of carbonyl (C=O) groups is 1. The number of hydrogen-bond acceptors (Lipinski definition) is 11. The summed E-state index contributed by atoms with van der Waals surface area (Å²) in [5.41, 5.74) is 0.326. The van der Waals surface area contributed by atoms with E-state index in [4.69, 9.17) is 14.0 Å². The summed E-state index contributed by atoms with van der Waals surface area (Å²) in [5.74, 6) is -1.82. The van der Waals surface area contributed by atoms with Crippen LogP contribution in [0.15, 0.2) is 24.3 Å². The Labute approximate surface area is 158 Å². The molecule has 1 heterocycles. The molecular formula is C15H18O12S. The zero-order chi connectivity index (χ0) is 21.1. The zero-order valence-corrected chi connectivity index (χ0v) is 14.8. The van der Waals surface area contributed by atoms with Crippen molar-refractivity contribution < 1.29 is 57.0 Å². The predicted molar refractivity (Wildman–Crippen MR) is 89.1 cm³/mol. The van der Waals surface area contributed by atoms with E-state index in [1.54, 1.807) is 0 Å². The number of benzene rings is 1. The Hall–Kier alpha value is -2.26. The van der Waals surface area contributed by atoms with Gasteiger partial charge in [0.2, 0.25) is 6.29 Å². The van der Waals surface area contributed by atoms with Gasteiger partial charge in [0.25, 0.3) is 0 Å². The van der Waals surface area contributed by atoms with Crippen LogP contribution in [0.1, 0.15) is 5.56 Å². The van der Waals surface area contributed by atoms with E-state index in [0.717, 1.165) is 12.1 Å². The SMILES string of the molecule is O=C(/C=C/c1ccc(O)c(O)c1)O[C@@H]1O[C@H](COS(=O)(=O)O)[C@H](O)[C@H](O)[C@H]1O. The lowest BCUT2D eigenvalue weighted by Gasteiger charge is -2.39. The lowest BCUT2D eigenvalue weighted by atomic mass is 9.99. The topological polar surface area (TPSA) is 200 Å². The quantitative estimate of drug-likeness (QED) is 0.131. The van der Waals surface area contributed by atoms with Gasteiger partial charge in [0, 0.05) is 6.08 Å². The number of carbonyl (C=O) groups excluding carboxylic acids is 1. The van der Waals surface area contributed by atoms with E-state index in [2.05, 4.69) is 4.18 Å². The minimum Gasteiger partial charge on any atom is -0.504 e. The number of aliphatic hydroxyl groups is 3. The van der Waals surface area contributed by atoms with Gasteiger partial charge in [-0.05, 0) is 23.8 Å². The molecule has 0 spiro atoms. The summed E-state index contributed by atoms with van der Waals surface area (Å²) in [6.07, 6.45) is -6.73. The summed E-state index contributed by atoms with van der Waals surface area (Å²) in [6.45, 7) is -0.916. The number of phenols is 2. The summed E-state index contributed by atoms with van der Waals surface area (Å²) >= 11 is 0. The largest absolute Gasteiger partial charge is 0.504 e. The number of aromatic hydroxyl groups is 2. The Morgan fingerprint density at radius 2 is 1.79 bits per heavy atom. The van der Waals surface area contributed by atoms with Gasteiger partial charge in [-0.1, -0.05) is 6.07 Å². The molecule has 1 fully saturated rings. The maximum absolute atomic E-state index is 11.9. The van der Waals surface area contributed by atoms with Crippen molar-refractivity contribution >= 4 is 22.4 Å². The maximum Gasteiger partial charge on any atom is 0.397 e. The van der Waals surface area contributed by atoms with Crippen molar-refractivity contribution in [2.24, 2.45) is 0 Å². The smallest absolute Gasteiger partial charge is 0.397 e. The molecule has 2 rings (SSSR count). The van der Waals surface area contributed by atoms with E-state index in [1.807, 2.05) is 0 Å². The molecule has 0 bridgehead atoms. The molecule has 5 atom stereocenters. The highest BCUT2D eigenvalue weighted by molar-refractivity contribution is 7.80. The molecule has 28 heavy (non-hydrogen) atoms. The summed E-state index contributed by atoms with van der Waals surface area (Å²) in [7, 11) is -4.86. The Morgan fingerprint density at radius 3 is 2.39 bits per heavy atom. The minimum atomic E-state index is -4.86. The normalized spacial score (nSPS) is 28.4. The van der Waals surface area contributed by atoms with Crippen molar-refractivity contribution in [3.05, 3.63) is 29.8 Å². The number of phenolic OH excluding ortho intramolecular Hbond substituents is 2. The molecule has 0 aliphatic carbocycles. The van der Waals surface area contributed by atoms with Crippen molar-refractivity contribution in [1.82, 2.24) is 0 Å². The van der Waals surface area contributed by atoms with E-state index in [9.17, 15) is 38.7 Å². The first-order valence-corrected chi connectivity index (χ1v) is 9.06. The third kappa shape index (κ3) is 5.87. The molecule has 0 amide bonds. The van der Waals surface area contributed by atoms with Crippen LogP contribution in [0, 0.1) is 0 Å². The van der Waals surface area contributed by atoms with Gasteiger partial charge in [-0.25, -0.2) is 8.98 Å². The second-order valence-electron chi connectivity index (χ2n) is 5.75. The molecule has 0 radical (unpaired) electrons. The zero-order valence-electron chi connectivity index (χ0n) is 14.0. The first-order valence-electron chi connectivity index (χ1n) is 7.70. The molecule has 1 aliphatic rings. The summed E-state index contributed by atoms with van der Waals surface area (Å²) < 4.78 is 43.7. The first-order chi connectivity index (χ1) is 13.0. The molecule has 12 nitrogen and oxygen atoms in total. The van der Waals surface area contributed by atoms with Gasteiger partial charge in [-0.2, -0.15) is 8.42 Å². The Kier molecular flexibility index (Phi) is 6.95. The molecule has 13 heteroatoms. The molecule has 1 saturated heterocycles. The summed E-state index contributed by atoms with van der Waals surface area (Å²) in [5, 5.41) is 48.0. The number of esters is 1. The average molecular weight is 422 g/mol. The number of ether oxygens (including phenoxy) is 2. The molecule has 156 valence electrons. The second kappa shape index (κ2) is 8.83. The lowest BCUT2D eigenvalue weighted by molar-refractivity contribution is -0.290. The minimum absolute atomic E-state index is 0.326. The van der Waals surface area contributed by atoms with Gasteiger partial charge in [-0.3, -0.25) is 4.55 Å². The van der Waals surface area contributed by atoms with Crippen molar-refractivity contribution in [2.75, 3.05) is 6.61 Å². The fraction of sp³-hybridized carbons (Fsp3) is 0.400. The predicted octanol–water partition coefficient (Wildman–Crippen LogP) is -1.72. The lowest BCUT2D eigenvalue weighted by Crippen LogP contribution is -2.59. The highest BCUT2D eigenvalue weighted by Crippen LogP contribution is 2.26. The standard InChI is InChI=1S/C15H18O12S/c16-8-3-1-7(5-9(8)17)2-4-11(18)27-15-14(21)13(20)12(19)10(26-15)6-25-28(22,23)24/h1-5,10,12-17,19-21H,6H2,(H,22,23,24)/b4-2+/t10-,12+,13+,14-,15+/m1/s1. The molecule has 0 unspecified atom stereocenters. The number of hydrogen-bond donors (Lipinski definition) is 6. The Balaban J connectivity index is 2.02. The molecule has 0 aromatic heterocycles. The van der Waals surface area contributed by atoms with Crippen LogP contribution in [0.2, 0.25) is 0 Å². The molecule has 1 aromatic carbocycles. The third-order valence-corrected chi connectivity index (χ3v) is 4.13. The monoisotopic (exact) mass is 422 g/mol. The van der Waals surface area contributed by atoms with Crippen LogP contribution in [0.5, 0.6) is 11.5 Å². The highest BCUT2D eigenvalue weighted by Gasteiger charge is 2.45. The second-order valence-corrected chi connectivity index (χ2v) is 6.84. The van der Waals surface area contributed by atoms with Gasteiger partial charge in [0.1, 0.15) is 24.4 Å². The first kappa shape index (κ1) is 22.0. The van der Waals surface area contributed by atoms with Crippen LogP contribution < -0.4 is 0 Å². The Morgan fingerprint density at radius 1 is 1.11 bits per heavy atom. The Bertz CT molecular complexity index is 835. The van der Waals surface area contributed by atoms with Crippen molar-refractivity contribution in [3.63, 3.8) is 0 Å². The van der Waals surface area contributed by atoms with Crippen molar-refractivity contribution in [2.45, 2.75) is 30.7 Å². The number of aliphatic hydroxyl groups excluding tert-OH is 3. The van der Waals surface area contributed by atoms with Crippen LogP contribution >= 0.6 is 0 Å². The number of rotatable bonds is 6. The summed E-state index contributed by atoms with van der Waals surface area (Å²) in [6, 6.07) is 3.73. The average Bonchev–Trinajstić information content (AvgIpc) is 2.61. The van der Waals surface area contributed by atoms with Crippen molar-refractivity contribution in [1.29, 1.82) is 0 Å². The molecule has 1 aromatic rings. The molecule has 1 aliphatic heterocycles. The van der Waals surface area contributed by atoms with E-state index >= 15 is 0 Å². The maximum atomic E-state index is 11.9. The van der Waals surface area contributed by atoms with E-state index < -0.39 is 59.4 Å². The fourth-order valence-electron chi connectivity index (χ4n) is 2.27. The van der Waals surface area contributed by atoms with Crippen LogP contribution in [0.3, 0.4) is 0 Å². The van der Waals surface area contributed by atoms with Gasteiger partial charge < -0.3 is 35.0 Å². The molecule has 0 saturated carbocycles. The fourth-order valence-corrected chi connectivity index (χ4v) is 2.57. The van der Waals surface area contributed by atoms with Gasteiger partial charge >= 0.3 is 16.4 Å². The van der Waals surface area contributed by atoms with Gasteiger partial charge in [-0.15, -0.1) is 0 Å². The van der Waals surface area contributed by atoms with Crippen molar-refractivity contribution in [3.8, 4) is 11.5 Å². The van der Waals surface area contributed by atoms with E-state index in [1.165, 1.54) is 18.2 Å². The van der Waals surface area contributed by atoms with E-state index in [0.29, 0.717) is 5.56 Å². The molecule has 6 N–H and O–H groups in total. The van der Waals surface area contributed by atoms with Crippen LogP contribution in [0.25, 0.3) is 6.08 Å². The summed E-state index contributed by atoms with van der Waals surface area (Å²) in [4.78, 5) is 11.9. The van der Waals surface area contributed by atoms with Crippen LogP contribution in [-0.2, 0) is 28.9 Å². The van der Waals surface area contributed by atoms with Crippen LogP contribution in [0.4, 0.5) is 0 Å². The van der Waals surface area contributed by atoms with Gasteiger partial charge in [0.15, 0.2) is 11.5 Å².